The monoisotopic (exact) mass is 234 g/mol. The quantitative estimate of drug-likeness (QED) is 0.475. The maximum absolute atomic E-state index is 11.6. The predicted molar refractivity (Wildman–Crippen MR) is 47.6 cm³/mol. The number of hydrogen-bond donors (Lipinski definition) is 0. The van der Waals surface area contributed by atoms with Crippen LogP contribution < -0.4 is 0 Å². The molecule has 2 nitrogen and oxygen atoms in total. The molecule has 0 heterocycles. The molecule has 14 heavy (non-hydrogen) atoms. The Balaban J connectivity index is 2.99. The third-order valence-electron chi connectivity index (χ3n) is 1.27. The molecule has 86 valence electrons. The minimum atomic E-state index is -4.24. The maximum Gasteiger partial charge on any atom is 0.411 e. The number of rotatable bonds is 8. The number of hydrogen-bond acceptors (Lipinski definition) is 2. The summed E-state index contributed by atoms with van der Waals surface area (Å²) >= 11 is 5.38. The van der Waals surface area contributed by atoms with Crippen LogP contribution in [0.1, 0.15) is 12.8 Å². The van der Waals surface area contributed by atoms with Gasteiger partial charge in [0, 0.05) is 25.7 Å². The first kappa shape index (κ1) is 14.0. The van der Waals surface area contributed by atoms with E-state index in [9.17, 15) is 13.2 Å². The summed E-state index contributed by atoms with van der Waals surface area (Å²) in [7, 11) is 0. The Hall–Kier alpha value is 0. The van der Waals surface area contributed by atoms with E-state index in [-0.39, 0.29) is 6.61 Å². The largest absolute Gasteiger partial charge is 0.411 e. The first-order valence-electron chi connectivity index (χ1n) is 4.34. The zero-order valence-corrected chi connectivity index (χ0v) is 8.53. The Morgan fingerprint density at radius 2 is 1.50 bits per heavy atom. The molecule has 0 aromatic carbocycles. The minimum Gasteiger partial charge on any atom is -0.381 e. The summed E-state index contributed by atoms with van der Waals surface area (Å²) in [6.45, 7) is -0.160. The van der Waals surface area contributed by atoms with Crippen molar-refractivity contribution < 1.29 is 22.6 Å². The van der Waals surface area contributed by atoms with Gasteiger partial charge in [0.2, 0.25) is 0 Å². The van der Waals surface area contributed by atoms with Crippen molar-refractivity contribution in [1.82, 2.24) is 0 Å². The molecule has 0 bridgehead atoms. The summed E-state index contributed by atoms with van der Waals surface area (Å²) in [6.07, 6.45) is -3.01. The smallest absolute Gasteiger partial charge is 0.381 e. The topological polar surface area (TPSA) is 18.5 Å². The lowest BCUT2D eigenvalue weighted by atomic mass is 10.5. The van der Waals surface area contributed by atoms with Crippen molar-refractivity contribution in [2.45, 2.75) is 19.0 Å². The van der Waals surface area contributed by atoms with Gasteiger partial charge >= 0.3 is 6.18 Å². The highest BCUT2D eigenvalue weighted by Crippen LogP contribution is 2.14. The first-order chi connectivity index (χ1) is 6.56. The Morgan fingerprint density at radius 1 is 0.929 bits per heavy atom. The number of halogens is 4. The summed E-state index contributed by atoms with van der Waals surface area (Å²) in [5.74, 6) is 0.532. The Bertz CT molecular complexity index is 130. The van der Waals surface area contributed by atoms with Gasteiger partial charge in [-0.25, -0.2) is 0 Å². The Labute approximate surface area is 86.3 Å². The van der Waals surface area contributed by atoms with E-state index in [1.165, 1.54) is 0 Å². The highest BCUT2D eigenvalue weighted by molar-refractivity contribution is 6.17. The Morgan fingerprint density at radius 3 is 2.07 bits per heavy atom. The van der Waals surface area contributed by atoms with Gasteiger partial charge in [0.1, 0.15) is 6.61 Å². The fraction of sp³-hybridized carbons (Fsp3) is 1.00. The molecule has 0 aliphatic rings. The van der Waals surface area contributed by atoms with Crippen molar-refractivity contribution >= 4 is 11.6 Å². The molecule has 0 fully saturated rings. The summed E-state index contributed by atoms with van der Waals surface area (Å²) in [5, 5.41) is 0. The lowest BCUT2D eigenvalue weighted by molar-refractivity contribution is -0.174. The van der Waals surface area contributed by atoms with E-state index in [1.54, 1.807) is 0 Å². The van der Waals surface area contributed by atoms with Gasteiger partial charge in [0.05, 0.1) is 0 Å². The van der Waals surface area contributed by atoms with Crippen molar-refractivity contribution in [1.29, 1.82) is 0 Å². The fourth-order valence-electron chi connectivity index (χ4n) is 0.710. The van der Waals surface area contributed by atoms with E-state index >= 15 is 0 Å². The standard InChI is InChI=1S/C8H14ClF3O2/c9-3-1-4-13-5-2-6-14-7-8(10,11)12/h1-7H2. The van der Waals surface area contributed by atoms with E-state index in [0.717, 1.165) is 6.42 Å². The first-order valence-corrected chi connectivity index (χ1v) is 4.88. The van der Waals surface area contributed by atoms with Gasteiger partial charge in [-0.2, -0.15) is 13.2 Å². The molecule has 0 aliphatic carbocycles. The van der Waals surface area contributed by atoms with Crippen LogP contribution in [0, 0.1) is 0 Å². The zero-order valence-electron chi connectivity index (χ0n) is 7.78. The molecule has 0 rings (SSSR count). The summed E-state index contributed by atoms with van der Waals surface area (Å²) in [6, 6.07) is 0. The predicted octanol–water partition coefficient (Wildman–Crippen LogP) is 2.60. The summed E-state index contributed by atoms with van der Waals surface area (Å²) in [5.41, 5.74) is 0. The average molecular weight is 235 g/mol. The lowest BCUT2D eigenvalue weighted by Gasteiger charge is -2.07. The van der Waals surface area contributed by atoms with Crippen LogP contribution in [-0.2, 0) is 9.47 Å². The molecule has 0 saturated heterocycles. The molecule has 0 atom stereocenters. The van der Waals surface area contributed by atoms with E-state index in [1.807, 2.05) is 0 Å². The molecular formula is C8H14ClF3O2. The van der Waals surface area contributed by atoms with Crippen LogP contribution in [0.5, 0.6) is 0 Å². The third-order valence-corrected chi connectivity index (χ3v) is 1.53. The lowest BCUT2D eigenvalue weighted by Crippen LogP contribution is -2.17. The zero-order chi connectivity index (χ0) is 10.9. The second-order valence-corrected chi connectivity index (χ2v) is 3.05. The highest BCUT2D eigenvalue weighted by Gasteiger charge is 2.27. The van der Waals surface area contributed by atoms with E-state index in [2.05, 4.69) is 4.74 Å². The van der Waals surface area contributed by atoms with Gasteiger partial charge in [0.25, 0.3) is 0 Å². The second kappa shape index (κ2) is 8.32. The molecule has 0 amide bonds. The fourth-order valence-corrected chi connectivity index (χ4v) is 0.819. The van der Waals surface area contributed by atoms with E-state index in [4.69, 9.17) is 16.3 Å². The van der Waals surface area contributed by atoms with Crippen LogP contribution >= 0.6 is 11.6 Å². The van der Waals surface area contributed by atoms with Crippen molar-refractivity contribution in [2.75, 3.05) is 32.3 Å². The molecule has 0 aliphatic heterocycles. The van der Waals surface area contributed by atoms with Gasteiger partial charge in [-0.1, -0.05) is 0 Å². The SMILES string of the molecule is FC(F)(F)COCCCOCCCCl. The number of ether oxygens (including phenoxy) is 2. The van der Waals surface area contributed by atoms with Crippen LogP contribution in [-0.4, -0.2) is 38.5 Å². The van der Waals surface area contributed by atoms with Gasteiger partial charge in [0.15, 0.2) is 0 Å². The molecule has 0 radical (unpaired) electrons. The third kappa shape index (κ3) is 12.0. The van der Waals surface area contributed by atoms with E-state index in [0.29, 0.717) is 25.5 Å². The van der Waals surface area contributed by atoms with Crippen molar-refractivity contribution in [3.05, 3.63) is 0 Å². The minimum absolute atomic E-state index is 0.0698. The van der Waals surface area contributed by atoms with Gasteiger partial charge in [-0.15, -0.1) is 11.6 Å². The average Bonchev–Trinajstić information content (AvgIpc) is 2.08. The molecule has 0 aromatic heterocycles. The van der Waals surface area contributed by atoms with Gasteiger partial charge in [-0.05, 0) is 12.8 Å². The second-order valence-electron chi connectivity index (χ2n) is 2.68. The van der Waals surface area contributed by atoms with Crippen LogP contribution in [0.2, 0.25) is 0 Å². The molecule has 0 N–H and O–H groups in total. The van der Waals surface area contributed by atoms with Crippen molar-refractivity contribution in [3.8, 4) is 0 Å². The maximum atomic E-state index is 11.6. The van der Waals surface area contributed by atoms with Crippen molar-refractivity contribution in [3.63, 3.8) is 0 Å². The number of alkyl halides is 4. The van der Waals surface area contributed by atoms with E-state index < -0.39 is 12.8 Å². The normalized spacial score (nSPS) is 12.0. The molecule has 0 unspecified atom stereocenters. The highest BCUT2D eigenvalue weighted by atomic mass is 35.5. The summed E-state index contributed by atoms with van der Waals surface area (Å²) in [4.78, 5) is 0. The molecular weight excluding hydrogens is 221 g/mol. The van der Waals surface area contributed by atoms with Crippen LogP contribution in [0.25, 0.3) is 0 Å². The molecule has 0 saturated carbocycles. The van der Waals surface area contributed by atoms with Crippen LogP contribution in [0.3, 0.4) is 0 Å². The van der Waals surface area contributed by atoms with Crippen LogP contribution in [0.4, 0.5) is 13.2 Å². The van der Waals surface area contributed by atoms with Gasteiger partial charge < -0.3 is 9.47 Å². The van der Waals surface area contributed by atoms with Crippen LogP contribution in [0.15, 0.2) is 0 Å². The molecule has 6 heteroatoms. The Kier molecular flexibility index (Phi) is 8.32. The van der Waals surface area contributed by atoms with Gasteiger partial charge in [-0.3, -0.25) is 0 Å². The summed E-state index contributed by atoms with van der Waals surface area (Å²) < 4.78 is 44.1. The molecule has 0 spiro atoms. The molecule has 0 aromatic rings. The van der Waals surface area contributed by atoms with Crippen molar-refractivity contribution in [2.24, 2.45) is 0 Å².